The van der Waals surface area contributed by atoms with Crippen molar-refractivity contribution in [2.24, 2.45) is 5.41 Å². The highest BCUT2D eigenvalue weighted by Gasteiger charge is 2.20. The smallest absolute Gasteiger partial charge is 0.325 e. The van der Waals surface area contributed by atoms with E-state index in [1.165, 1.54) is 7.11 Å². The lowest BCUT2D eigenvalue weighted by Crippen LogP contribution is -2.35. The third kappa shape index (κ3) is 5.31. The van der Waals surface area contributed by atoms with Crippen molar-refractivity contribution in [2.45, 2.75) is 53.0 Å². The highest BCUT2D eigenvalue weighted by Crippen LogP contribution is 2.18. The molecular weight excluding hydrogens is 330 g/mol. The van der Waals surface area contributed by atoms with E-state index in [2.05, 4.69) is 10.3 Å². The van der Waals surface area contributed by atoms with E-state index in [9.17, 15) is 9.59 Å². The molecule has 6 heteroatoms. The number of hydrogen-bond donors (Lipinski definition) is 1. The number of nitrogens with zero attached hydrogens (tertiary/aromatic N) is 2. The predicted octanol–water partition coefficient (Wildman–Crippen LogP) is 3.08. The number of aryl methyl sites for hydroxylation is 1. The number of ether oxygens (including phenoxy) is 1. The van der Waals surface area contributed by atoms with E-state index in [-0.39, 0.29) is 23.8 Å². The number of benzene rings is 1. The van der Waals surface area contributed by atoms with Crippen molar-refractivity contribution in [3.05, 3.63) is 30.1 Å². The molecule has 0 saturated carbocycles. The molecule has 26 heavy (non-hydrogen) atoms. The van der Waals surface area contributed by atoms with Crippen LogP contribution in [0, 0.1) is 5.41 Å². The highest BCUT2D eigenvalue weighted by molar-refractivity contribution is 5.81. The number of esters is 1. The third-order valence-electron chi connectivity index (χ3n) is 4.29. The van der Waals surface area contributed by atoms with Gasteiger partial charge in [0.2, 0.25) is 5.91 Å². The van der Waals surface area contributed by atoms with Crippen LogP contribution in [0.25, 0.3) is 11.0 Å². The Morgan fingerprint density at radius 1 is 1.15 bits per heavy atom. The second kappa shape index (κ2) is 8.83. The first kappa shape index (κ1) is 19.9. The van der Waals surface area contributed by atoms with Crippen molar-refractivity contribution < 1.29 is 14.3 Å². The minimum Gasteiger partial charge on any atom is -0.468 e. The van der Waals surface area contributed by atoms with Gasteiger partial charge in [-0.3, -0.25) is 9.59 Å². The van der Waals surface area contributed by atoms with E-state index < -0.39 is 0 Å². The van der Waals surface area contributed by atoms with Gasteiger partial charge in [-0.2, -0.15) is 0 Å². The zero-order chi connectivity index (χ0) is 19.2. The molecule has 0 bridgehead atoms. The number of hydrogen-bond acceptors (Lipinski definition) is 4. The molecular formula is C20H29N3O3. The molecule has 0 aliphatic heterocycles. The van der Waals surface area contributed by atoms with Gasteiger partial charge in [0.25, 0.3) is 0 Å². The molecule has 0 saturated heterocycles. The summed E-state index contributed by atoms with van der Waals surface area (Å²) in [7, 11) is 1.40. The summed E-state index contributed by atoms with van der Waals surface area (Å²) in [5.74, 6) is 0.701. The van der Waals surface area contributed by atoms with Gasteiger partial charge in [-0.1, -0.05) is 39.3 Å². The summed E-state index contributed by atoms with van der Waals surface area (Å²) >= 11 is 0. The fourth-order valence-corrected chi connectivity index (χ4v) is 2.74. The van der Waals surface area contributed by atoms with Gasteiger partial charge in [0.15, 0.2) is 0 Å². The van der Waals surface area contributed by atoms with Crippen LogP contribution in [-0.4, -0.2) is 35.1 Å². The molecule has 1 N–H and O–H groups in total. The van der Waals surface area contributed by atoms with Gasteiger partial charge in [-0.25, -0.2) is 4.98 Å². The second-order valence-electron chi connectivity index (χ2n) is 7.50. The van der Waals surface area contributed by atoms with E-state index in [4.69, 9.17) is 4.74 Å². The molecule has 1 heterocycles. The number of amides is 1. The Bertz CT molecular complexity index is 759. The number of unbranched alkanes of at least 4 members (excludes halogenated alkanes) is 2. The standard InChI is InChI=1S/C20H29N3O3/c1-20(2,3)19(25)21-13-9-5-6-12-17-22-15-10-7-8-11-16(15)23(17)14-18(24)26-4/h7-8,10-11H,5-6,9,12-14H2,1-4H3,(H,21,25). The molecule has 142 valence electrons. The zero-order valence-corrected chi connectivity index (χ0v) is 16.2. The molecule has 2 rings (SSSR count). The van der Waals surface area contributed by atoms with E-state index in [1.807, 2.05) is 49.6 Å². The summed E-state index contributed by atoms with van der Waals surface area (Å²) in [6, 6.07) is 7.81. The predicted molar refractivity (Wildman–Crippen MR) is 102 cm³/mol. The number of para-hydroxylation sites is 2. The van der Waals surface area contributed by atoms with Crippen LogP contribution in [0.15, 0.2) is 24.3 Å². The molecule has 0 fully saturated rings. The zero-order valence-electron chi connectivity index (χ0n) is 16.2. The molecule has 0 aliphatic rings. The number of imidazole rings is 1. The van der Waals surface area contributed by atoms with Crippen LogP contribution in [0.1, 0.15) is 45.9 Å². The van der Waals surface area contributed by atoms with E-state index in [1.54, 1.807) is 0 Å². The summed E-state index contributed by atoms with van der Waals surface area (Å²) in [6.07, 6.45) is 3.67. The number of carbonyl (C=O) groups is 2. The van der Waals surface area contributed by atoms with Gasteiger partial charge in [0.05, 0.1) is 18.1 Å². The molecule has 6 nitrogen and oxygen atoms in total. The number of rotatable bonds is 8. The van der Waals surface area contributed by atoms with Crippen LogP contribution in [0.5, 0.6) is 0 Å². The van der Waals surface area contributed by atoms with Crippen molar-refractivity contribution in [3.8, 4) is 0 Å². The largest absolute Gasteiger partial charge is 0.468 e. The Hall–Kier alpha value is -2.37. The first-order valence-electron chi connectivity index (χ1n) is 9.12. The van der Waals surface area contributed by atoms with Crippen LogP contribution in [-0.2, 0) is 27.3 Å². The van der Waals surface area contributed by atoms with Crippen molar-refractivity contribution in [1.29, 1.82) is 0 Å². The van der Waals surface area contributed by atoms with Crippen molar-refractivity contribution in [3.63, 3.8) is 0 Å². The summed E-state index contributed by atoms with van der Waals surface area (Å²) in [5.41, 5.74) is 1.49. The third-order valence-corrected chi connectivity index (χ3v) is 4.29. The molecule has 0 atom stereocenters. The Labute approximate surface area is 154 Å². The molecule has 1 aromatic carbocycles. The SMILES string of the molecule is COC(=O)Cn1c(CCCCCNC(=O)C(C)(C)C)nc2ccccc21. The summed E-state index contributed by atoms with van der Waals surface area (Å²) in [4.78, 5) is 28.2. The van der Waals surface area contributed by atoms with E-state index >= 15 is 0 Å². The Morgan fingerprint density at radius 3 is 2.58 bits per heavy atom. The van der Waals surface area contributed by atoms with E-state index in [0.717, 1.165) is 42.5 Å². The Balaban J connectivity index is 1.89. The fraction of sp³-hybridized carbons (Fsp3) is 0.550. The lowest BCUT2D eigenvalue weighted by molar-refractivity contribution is -0.141. The van der Waals surface area contributed by atoms with Crippen molar-refractivity contribution in [2.75, 3.05) is 13.7 Å². The molecule has 0 radical (unpaired) electrons. The first-order chi connectivity index (χ1) is 12.3. The van der Waals surface area contributed by atoms with Gasteiger partial charge in [0.1, 0.15) is 12.4 Å². The van der Waals surface area contributed by atoms with Crippen LogP contribution >= 0.6 is 0 Å². The molecule has 1 amide bonds. The molecule has 2 aromatic rings. The summed E-state index contributed by atoms with van der Waals surface area (Å²) in [6.45, 7) is 6.60. The van der Waals surface area contributed by atoms with Crippen LogP contribution in [0.2, 0.25) is 0 Å². The topological polar surface area (TPSA) is 73.2 Å². The Morgan fingerprint density at radius 2 is 1.88 bits per heavy atom. The minimum atomic E-state index is -0.348. The number of methoxy groups -OCH3 is 1. The second-order valence-corrected chi connectivity index (χ2v) is 7.50. The number of aromatic nitrogens is 2. The maximum Gasteiger partial charge on any atom is 0.325 e. The lowest BCUT2D eigenvalue weighted by Gasteiger charge is -2.17. The van der Waals surface area contributed by atoms with Crippen LogP contribution in [0.3, 0.4) is 0 Å². The molecule has 0 spiro atoms. The maximum atomic E-state index is 11.8. The van der Waals surface area contributed by atoms with Crippen molar-refractivity contribution >= 4 is 22.9 Å². The fourth-order valence-electron chi connectivity index (χ4n) is 2.74. The molecule has 0 unspecified atom stereocenters. The number of carbonyl (C=O) groups excluding carboxylic acids is 2. The average molecular weight is 359 g/mol. The average Bonchev–Trinajstić information content (AvgIpc) is 2.94. The Kier molecular flexibility index (Phi) is 6.77. The summed E-state index contributed by atoms with van der Waals surface area (Å²) < 4.78 is 6.74. The van der Waals surface area contributed by atoms with E-state index in [0.29, 0.717) is 6.54 Å². The van der Waals surface area contributed by atoms with Gasteiger partial charge >= 0.3 is 5.97 Å². The highest BCUT2D eigenvalue weighted by atomic mass is 16.5. The molecule has 0 aliphatic carbocycles. The van der Waals surface area contributed by atoms with Gasteiger partial charge in [-0.05, 0) is 25.0 Å². The lowest BCUT2D eigenvalue weighted by atomic mass is 9.96. The first-order valence-corrected chi connectivity index (χ1v) is 9.12. The van der Waals surface area contributed by atoms with Crippen LogP contribution < -0.4 is 5.32 Å². The monoisotopic (exact) mass is 359 g/mol. The van der Waals surface area contributed by atoms with Crippen LogP contribution in [0.4, 0.5) is 0 Å². The maximum absolute atomic E-state index is 11.8. The quantitative estimate of drug-likeness (QED) is 0.581. The van der Waals surface area contributed by atoms with Crippen molar-refractivity contribution in [1.82, 2.24) is 14.9 Å². The number of nitrogens with one attached hydrogen (secondary N) is 1. The molecule has 1 aromatic heterocycles. The number of fused-ring (bicyclic) bond motifs is 1. The normalized spacial score (nSPS) is 11.5. The van der Waals surface area contributed by atoms with Gasteiger partial charge in [-0.15, -0.1) is 0 Å². The van der Waals surface area contributed by atoms with Gasteiger partial charge < -0.3 is 14.6 Å². The summed E-state index contributed by atoms with van der Waals surface area (Å²) in [5, 5.41) is 2.97. The van der Waals surface area contributed by atoms with Gasteiger partial charge in [0, 0.05) is 18.4 Å². The minimum absolute atomic E-state index is 0.0809.